The first-order valence-corrected chi connectivity index (χ1v) is 9.38. The number of ether oxygens (including phenoxy) is 1. The van der Waals surface area contributed by atoms with Crippen LogP contribution < -0.4 is 10.1 Å². The zero-order valence-corrected chi connectivity index (χ0v) is 16.4. The summed E-state index contributed by atoms with van der Waals surface area (Å²) in [6.45, 7) is 2.68. The highest BCUT2D eigenvalue weighted by molar-refractivity contribution is 6.02. The maximum atomic E-state index is 12.0. The van der Waals surface area contributed by atoms with Gasteiger partial charge in [0.1, 0.15) is 23.1 Å². The van der Waals surface area contributed by atoms with Gasteiger partial charge in [-0.05, 0) is 36.8 Å². The number of likely N-dealkylation sites (N-methyl/N-ethyl adjacent to an activating group) is 1. The maximum absolute atomic E-state index is 12.0. The summed E-state index contributed by atoms with van der Waals surface area (Å²) in [6.07, 6.45) is 4.28. The zero-order chi connectivity index (χ0) is 20.6. The summed E-state index contributed by atoms with van der Waals surface area (Å²) in [6, 6.07) is 19.3. The SMILES string of the molecule is CCCOc1cccc(-c2nn(-c3ccccc3)cc2/C=C(/C#N)C(=O)NC)c1. The fraction of sp³-hybridized carbons (Fsp3) is 0.174. The summed E-state index contributed by atoms with van der Waals surface area (Å²) in [7, 11) is 1.50. The molecule has 146 valence electrons. The molecule has 0 aliphatic carbocycles. The van der Waals surface area contributed by atoms with Crippen LogP contribution in [0.15, 0.2) is 66.4 Å². The topological polar surface area (TPSA) is 79.9 Å². The van der Waals surface area contributed by atoms with Gasteiger partial charge in [-0.2, -0.15) is 10.4 Å². The third-order valence-electron chi connectivity index (χ3n) is 4.24. The van der Waals surface area contributed by atoms with Crippen molar-refractivity contribution >= 4 is 12.0 Å². The average Bonchev–Trinajstić information content (AvgIpc) is 3.20. The van der Waals surface area contributed by atoms with Gasteiger partial charge < -0.3 is 10.1 Å². The predicted octanol–water partition coefficient (Wildman–Crippen LogP) is 3.98. The lowest BCUT2D eigenvalue weighted by Gasteiger charge is -2.06. The van der Waals surface area contributed by atoms with Gasteiger partial charge in [0.25, 0.3) is 5.91 Å². The number of amides is 1. The molecule has 0 spiro atoms. The molecule has 1 heterocycles. The molecule has 0 aliphatic heterocycles. The number of hydrogen-bond donors (Lipinski definition) is 1. The van der Waals surface area contributed by atoms with Crippen molar-refractivity contribution in [1.29, 1.82) is 5.26 Å². The molecule has 6 nitrogen and oxygen atoms in total. The normalized spacial score (nSPS) is 11.0. The van der Waals surface area contributed by atoms with E-state index in [0.717, 1.165) is 23.4 Å². The molecular weight excluding hydrogens is 364 g/mol. The van der Waals surface area contributed by atoms with Crippen LogP contribution in [0.3, 0.4) is 0 Å². The number of nitrogens with zero attached hydrogens (tertiary/aromatic N) is 3. The number of hydrogen-bond acceptors (Lipinski definition) is 4. The van der Waals surface area contributed by atoms with Crippen molar-refractivity contribution in [3.05, 3.63) is 71.9 Å². The van der Waals surface area contributed by atoms with E-state index < -0.39 is 5.91 Å². The van der Waals surface area contributed by atoms with Crippen LogP contribution in [0.5, 0.6) is 5.75 Å². The van der Waals surface area contributed by atoms with Gasteiger partial charge in [0, 0.05) is 24.4 Å². The standard InChI is InChI=1S/C23H22N4O2/c1-3-12-29-21-11-7-8-17(14-21)22-19(13-18(15-24)23(28)25-2)16-27(26-22)20-9-5-4-6-10-20/h4-11,13-14,16H,3,12H2,1-2H3,(H,25,28)/b18-13-. The molecule has 3 aromatic rings. The second kappa shape index (κ2) is 9.38. The summed E-state index contributed by atoms with van der Waals surface area (Å²) < 4.78 is 7.48. The van der Waals surface area contributed by atoms with Crippen LogP contribution in [0.2, 0.25) is 0 Å². The molecule has 0 saturated heterocycles. The summed E-state index contributed by atoms with van der Waals surface area (Å²) in [5.41, 5.74) is 3.06. The molecule has 1 N–H and O–H groups in total. The Kier molecular flexibility index (Phi) is 6.43. The molecule has 0 atom stereocenters. The second-order valence-electron chi connectivity index (χ2n) is 6.34. The highest BCUT2D eigenvalue weighted by atomic mass is 16.5. The third-order valence-corrected chi connectivity index (χ3v) is 4.24. The first-order chi connectivity index (χ1) is 14.2. The highest BCUT2D eigenvalue weighted by Gasteiger charge is 2.15. The molecule has 3 rings (SSSR count). The van der Waals surface area contributed by atoms with Crippen LogP contribution in [-0.4, -0.2) is 29.3 Å². The van der Waals surface area contributed by atoms with Crippen molar-refractivity contribution in [2.45, 2.75) is 13.3 Å². The smallest absolute Gasteiger partial charge is 0.261 e. The van der Waals surface area contributed by atoms with Gasteiger partial charge in [-0.25, -0.2) is 4.68 Å². The molecule has 0 unspecified atom stereocenters. The molecule has 2 aromatic carbocycles. The first kappa shape index (κ1) is 19.9. The van der Waals surface area contributed by atoms with Crippen LogP contribution in [-0.2, 0) is 4.79 Å². The van der Waals surface area contributed by atoms with Crippen LogP contribution >= 0.6 is 0 Å². The molecule has 0 radical (unpaired) electrons. The van der Waals surface area contributed by atoms with Crippen molar-refractivity contribution < 1.29 is 9.53 Å². The zero-order valence-electron chi connectivity index (χ0n) is 16.4. The number of benzene rings is 2. The van der Waals surface area contributed by atoms with E-state index in [1.165, 1.54) is 7.05 Å². The summed E-state index contributed by atoms with van der Waals surface area (Å²) in [4.78, 5) is 12.0. The molecule has 1 amide bonds. The second-order valence-corrected chi connectivity index (χ2v) is 6.34. The summed E-state index contributed by atoms with van der Waals surface area (Å²) in [5, 5.41) is 16.6. The van der Waals surface area contributed by atoms with E-state index in [2.05, 4.69) is 12.2 Å². The Labute approximate surface area is 170 Å². The third kappa shape index (κ3) is 4.71. The number of para-hydroxylation sites is 1. The minimum Gasteiger partial charge on any atom is -0.494 e. The van der Waals surface area contributed by atoms with Crippen molar-refractivity contribution in [2.75, 3.05) is 13.7 Å². The Morgan fingerprint density at radius 3 is 2.72 bits per heavy atom. The van der Waals surface area contributed by atoms with E-state index in [-0.39, 0.29) is 5.57 Å². The molecule has 0 saturated carbocycles. The van der Waals surface area contributed by atoms with Crippen molar-refractivity contribution in [3.63, 3.8) is 0 Å². The molecule has 29 heavy (non-hydrogen) atoms. The van der Waals surface area contributed by atoms with E-state index in [1.54, 1.807) is 10.8 Å². The highest BCUT2D eigenvalue weighted by Crippen LogP contribution is 2.28. The quantitative estimate of drug-likeness (QED) is 0.492. The lowest BCUT2D eigenvalue weighted by atomic mass is 10.1. The molecule has 6 heteroatoms. The number of rotatable bonds is 7. The van der Waals surface area contributed by atoms with Crippen LogP contribution in [0.25, 0.3) is 23.0 Å². The number of aromatic nitrogens is 2. The Morgan fingerprint density at radius 1 is 1.24 bits per heavy atom. The lowest BCUT2D eigenvalue weighted by molar-refractivity contribution is -0.116. The van der Waals surface area contributed by atoms with Crippen LogP contribution in [0.4, 0.5) is 0 Å². The van der Waals surface area contributed by atoms with Gasteiger partial charge in [-0.3, -0.25) is 4.79 Å². The Balaban J connectivity index is 2.12. The number of nitriles is 1. The van der Waals surface area contributed by atoms with Crippen LogP contribution in [0.1, 0.15) is 18.9 Å². The Bertz CT molecular complexity index is 1060. The van der Waals surface area contributed by atoms with Gasteiger partial charge in [0.15, 0.2) is 0 Å². The lowest BCUT2D eigenvalue weighted by Crippen LogP contribution is -2.19. The fourth-order valence-corrected chi connectivity index (χ4v) is 2.82. The molecule has 0 aliphatic rings. The van der Waals surface area contributed by atoms with Crippen molar-refractivity contribution in [1.82, 2.24) is 15.1 Å². The minimum absolute atomic E-state index is 0.0137. The van der Waals surface area contributed by atoms with Crippen LogP contribution in [0, 0.1) is 11.3 Å². The van der Waals surface area contributed by atoms with Gasteiger partial charge >= 0.3 is 0 Å². The predicted molar refractivity (Wildman–Crippen MR) is 112 cm³/mol. The monoisotopic (exact) mass is 386 g/mol. The first-order valence-electron chi connectivity index (χ1n) is 9.38. The van der Waals surface area contributed by atoms with E-state index in [1.807, 2.05) is 66.9 Å². The number of carbonyl (C=O) groups is 1. The van der Waals surface area contributed by atoms with E-state index >= 15 is 0 Å². The largest absolute Gasteiger partial charge is 0.494 e. The van der Waals surface area contributed by atoms with Crippen molar-refractivity contribution in [2.24, 2.45) is 0 Å². The molecule has 0 bridgehead atoms. The molecule has 1 aromatic heterocycles. The summed E-state index contributed by atoms with van der Waals surface area (Å²) in [5.74, 6) is 0.311. The van der Waals surface area contributed by atoms with Gasteiger partial charge in [0.05, 0.1) is 12.3 Å². The Hall–Kier alpha value is -3.85. The van der Waals surface area contributed by atoms with E-state index in [9.17, 15) is 10.1 Å². The fourth-order valence-electron chi connectivity index (χ4n) is 2.82. The maximum Gasteiger partial charge on any atom is 0.261 e. The van der Waals surface area contributed by atoms with Gasteiger partial charge in [0.2, 0.25) is 0 Å². The minimum atomic E-state index is -0.439. The van der Waals surface area contributed by atoms with Gasteiger partial charge in [-0.15, -0.1) is 0 Å². The number of nitrogens with one attached hydrogen (secondary N) is 1. The van der Waals surface area contributed by atoms with Crippen molar-refractivity contribution in [3.8, 4) is 28.8 Å². The Morgan fingerprint density at radius 2 is 2.03 bits per heavy atom. The number of carbonyl (C=O) groups excluding carboxylic acids is 1. The van der Waals surface area contributed by atoms with E-state index in [0.29, 0.717) is 17.9 Å². The summed E-state index contributed by atoms with van der Waals surface area (Å²) >= 11 is 0. The molecular formula is C23H22N4O2. The van der Waals surface area contributed by atoms with E-state index in [4.69, 9.17) is 9.84 Å². The molecule has 0 fully saturated rings. The average molecular weight is 386 g/mol. The van der Waals surface area contributed by atoms with Gasteiger partial charge in [-0.1, -0.05) is 37.3 Å².